The highest BCUT2D eigenvalue weighted by molar-refractivity contribution is 7.89. The number of ether oxygens (including phenoxy) is 1. The summed E-state index contributed by atoms with van der Waals surface area (Å²) in [6.45, 7) is 1.32. The number of carbonyl (C=O) groups is 1. The minimum atomic E-state index is -3.96. The summed E-state index contributed by atoms with van der Waals surface area (Å²) in [5, 5.41) is 0.411. The molecule has 2 aromatic carbocycles. The van der Waals surface area contributed by atoms with Gasteiger partial charge in [-0.3, -0.25) is 4.79 Å². The predicted octanol–water partition coefficient (Wildman–Crippen LogP) is 2.53. The van der Waals surface area contributed by atoms with Crippen molar-refractivity contribution < 1.29 is 22.3 Å². The molecule has 28 heavy (non-hydrogen) atoms. The van der Waals surface area contributed by atoms with Crippen LogP contribution in [0.25, 0.3) is 0 Å². The average Bonchev–Trinajstić information content (AvgIpc) is 2.70. The maximum absolute atomic E-state index is 13.2. The Morgan fingerprint density at radius 3 is 2.29 bits per heavy atom. The van der Waals surface area contributed by atoms with Crippen molar-refractivity contribution in [1.29, 1.82) is 0 Å². The summed E-state index contributed by atoms with van der Waals surface area (Å²) in [6.07, 6.45) is 0. The lowest BCUT2D eigenvalue weighted by Gasteiger charge is -2.29. The molecule has 0 unspecified atom stereocenters. The number of benzene rings is 2. The van der Waals surface area contributed by atoms with Gasteiger partial charge in [0.25, 0.3) is 0 Å². The molecule has 1 heterocycles. The topological polar surface area (TPSA) is 66.9 Å². The zero-order chi connectivity index (χ0) is 20.1. The van der Waals surface area contributed by atoms with E-state index >= 15 is 0 Å². The van der Waals surface area contributed by atoms with Gasteiger partial charge < -0.3 is 9.64 Å². The summed E-state index contributed by atoms with van der Waals surface area (Å²) in [5.74, 6) is -0.719. The summed E-state index contributed by atoms with van der Waals surface area (Å²) in [6, 6.07) is 11.3. The van der Waals surface area contributed by atoms with Crippen molar-refractivity contribution in [3.05, 3.63) is 64.9 Å². The van der Waals surface area contributed by atoms with Crippen molar-refractivity contribution in [2.45, 2.75) is 11.4 Å². The fraction of sp³-hybridized carbons (Fsp3) is 0.316. The Morgan fingerprint density at radius 2 is 1.68 bits per heavy atom. The molecule has 2 aromatic rings. The molecule has 0 atom stereocenters. The molecule has 1 amide bonds. The Bertz CT molecular complexity index is 914. The standard InChI is InChI=1S/C19H20ClFN2O4S/c20-16-3-7-18(8-4-16)28(25,26)23(13-15-1-5-17(21)6-2-15)14-19(24)22-9-11-27-12-10-22/h1-8H,9-14H2. The smallest absolute Gasteiger partial charge is 0.243 e. The molecule has 150 valence electrons. The van der Waals surface area contributed by atoms with Gasteiger partial charge in [0.05, 0.1) is 24.7 Å². The first kappa shape index (κ1) is 20.7. The highest BCUT2D eigenvalue weighted by Gasteiger charge is 2.29. The van der Waals surface area contributed by atoms with Crippen molar-refractivity contribution in [3.8, 4) is 0 Å². The van der Waals surface area contributed by atoms with Gasteiger partial charge in [0, 0.05) is 24.7 Å². The highest BCUT2D eigenvalue weighted by atomic mass is 35.5. The second-order valence-electron chi connectivity index (χ2n) is 6.35. The summed E-state index contributed by atoms with van der Waals surface area (Å²) in [4.78, 5) is 14.3. The lowest BCUT2D eigenvalue weighted by Crippen LogP contribution is -2.46. The van der Waals surface area contributed by atoms with E-state index in [0.29, 0.717) is 36.9 Å². The van der Waals surface area contributed by atoms with Crippen molar-refractivity contribution in [3.63, 3.8) is 0 Å². The Balaban J connectivity index is 1.87. The average molecular weight is 427 g/mol. The van der Waals surface area contributed by atoms with E-state index < -0.39 is 15.8 Å². The molecule has 0 aliphatic carbocycles. The van der Waals surface area contributed by atoms with Crippen molar-refractivity contribution in [2.75, 3.05) is 32.8 Å². The number of hydrogen-bond acceptors (Lipinski definition) is 4. The Morgan fingerprint density at radius 1 is 1.07 bits per heavy atom. The van der Waals surface area contributed by atoms with Crippen LogP contribution in [0.1, 0.15) is 5.56 Å². The van der Waals surface area contributed by atoms with Crippen LogP contribution in [-0.2, 0) is 26.1 Å². The van der Waals surface area contributed by atoms with Gasteiger partial charge in [-0.25, -0.2) is 12.8 Å². The SMILES string of the molecule is O=C(CN(Cc1ccc(F)cc1)S(=O)(=O)c1ccc(Cl)cc1)N1CCOCC1. The molecule has 0 spiro atoms. The lowest BCUT2D eigenvalue weighted by atomic mass is 10.2. The van der Waals surface area contributed by atoms with Crippen LogP contribution < -0.4 is 0 Å². The van der Waals surface area contributed by atoms with Gasteiger partial charge in [-0.05, 0) is 42.0 Å². The maximum Gasteiger partial charge on any atom is 0.243 e. The van der Waals surface area contributed by atoms with E-state index in [0.717, 1.165) is 4.31 Å². The van der Waals surface area contributed by atoms with Gasteiger partial charge in [0.2, 0.25) is 15.9 Å². The third kappa shape index (κ3) is 5.08. The van der Waals surface area contributed by atoms with E-state index in [9.17, 15) is 17.6 Å². The van der Waals surface area contributed by atoms with Gasteiger partial charge in [-0.15, -0.1) is 0 Å². The van der Waals surface area contributed by atoms with Crippen molar-refractivity contribution in [2.24, 2.45) is 0 Å². The zero-order valence-corrected chi connectivity index (χ0v) is 16.6. The number of rotatable bonds is 6. The Labute approximate surface area is 168 Å². The minimum Gasteiger partial charge on any atom is -0.378 e. The van der Waals surface area contributed by atoms with Crippen molar-refractivity contribution >= 4 is 27.5 Å². The molecule has 1 aliphatic heterocycles. The number of hydrogen-bond donors (Lipinski definition) is 0. The van der Waals surface area contributed by atoms with Crippen LogP contribution in [0, 0.1) is 5.82 Å². The normalized spacial score (nSPS) is 15.0. The largest absolute Gasteiger partial charge is 0.378 e. The second kappa shape index (κ2) is 9.00. The molecule has 1 fully saturated rings. The predicted molar refractivity (Wildman–Crippen MR) is 103 cm³/mol. The number of amides is 1. The highest BCUT2D eigenvalue weighted by Crippen LogP contribution is 2.21. The summed E-state index contributed by atoms with van der Waals surface area (Å²) in [7, 11) is -3.96. The number of carbonyl (C=O) groups excluding carboxylic acids is 1. The molecule has 0 N–H and O–H groups in total. The second-order valence-corrected chi connectivity index (χ2v) is 8.72. The molecule has 6 nitrogen and oxygen atoms in total. The van der Waals surface area contributed by atoms with Crippen LogP contribution in [0.4, 0.5) is 4.39 Å². The van der Waals surface area contributed by atoms with E-state index in [2.05, 4.69) is 0 Å². The summed E-state index contributed by atoms with van der Waals surface area (Å²) in [5.41, 5.74) is 0.578. The molecule has 0 radical (unpaired) electrons. The molecule has 0 aromatic heterocycles. The fourth-order valence-corrected chi connectivity index (χ4v) is 4.34. The summed E-state index contributed by atoms with van der Waals surface area (Å²) >= 11 is 5.86. The molecule has 1 saturated heterocycles. The molecule has 0 saturated carbocycles. The quantitative estimate of drug-likeness (QED) is 0.712. The number of morpholine rings is 1. The molecule has 9 heteroatoms. The Kier molecular flexibility index (Phi) is 6.66. The van der Waals surface area contributed by atoms with Gasteiger partial charge >= 0.3 is 0 Å². The lowest BCUT2D eigenvalue weighted by molar-refractivity contribution is -0.135. The van der Waals surface area contributed by atoms with E-state index in [1.54, 1.807) is 4.90 Å². The number of sulfonamides is 1. The van der Waals surface area contributed by atoms with E-state index in [1.165, 1.54) is 48.5 Å². The van der Waals surface area contributed by atoms with Crippen LogP contribution >= 0.6 is 11.6 Å². The first-order chi connectivity index (χ1) is 13.4. The first-order valence-corrected chi connectivity index (χ1v) is 10.5. The van der Waals surface area contributed by atoms with Crippen LogP contribution in [0.2, 0.25) is 5.02 Å². The van der Waals surface area contributed by atoms with Gasteiger partial charge in [0.15, 0.2) is 0 Å². The van der Waals surface area contributed by atoms with Crippen LogP contribution in [0.3, 0.4) is 0 Å². The van der Waals surface area contributed by atoms with E-state index in [-0.39, 0.29) is 23.9 Å². The monoisotopic (exact) mass is 426 g/mol. The van der Waals surface area contributed by atoms with E-state index in [1.807, 2.05) is 0 Å². The van der Waals surface area contributed by atoms with Crippen LogP contribution in [0.15, 0.2) is 53.4 Å². The van der Waals surface area contributed by atoms with Crippen molar-refractivity contribution in [1.82, 2.24) is 9.21 Å². The third-order valence-corrected chi connectivity index (χ3v) is 6.46. The van der Waals surface area contributed by atoms with E-state index in [4.69, 9.17) is 16.3 Å². The molecule has 1 aliphatic rings. The fourth-order valence-electron chi connectivity index (χ4n) is 2.84. The minimum absolute atomic E-state index is 0.0359. The van der Waals surface area contributed by atoms with Gasteiger partial charge in [0.1, 0.15) is 5.82 Å². The molecular formula is C19H20ClFN2O4S. The maximum atomic E-state index is 13.2. The number of halogens is 2. The van der Waals surface area contributed by atoms with Gasteiger partial charge in [-0.2, -0.15) is 4.31 Å². The molecular weight excluding hydrogens is 407 g/mol. The third-order valence-electron chi connectivity index (χ3n) is 4.40. The Hall–Kier alpha value is -2.00. The van der Waals surface area contributed by atoms with Crippen LogP contribution in [-0.4, -0.2) is 56.4 Å². The van der Waals surface area contributed by atoms with Crippen LogP contribution in [0.5, 0.6) is 0 Å². The molecule has 0 bridgehead atoms. The van der Waals surface area contributed by atoms with Gasteiger partial charge in [-0.1, -0.05) is 23.7 Å². The molecule has 3 rings (SSSR count). The first-order valence-electron chi connectivity index (χ1n) is 8.72. The number of nitrogens with zero attached hydrogens (tertiary/aromatic N) is 2. The summed E-state index contributed by atoms with van der Waals surface area (Å²) < 4.78 is 45.8. The zero-order valence-electron chi connectivity index (χ0n) is 15.1.